The van der Waals surface area contributed by atoms with E-state index in [2.05, 4.69) is 79.2 Å². The Balaban J connectivity index is 2.61. The molecule has 100 valence electrons. The van der Waals surface area contributed by atoms with Crippen LogP contribution < -0.4 is 10.6 Å². The molecule has 3 heteroatoms. The molecule has 0 aliphatic rings. The highest BCUT2D eigenvalue weighted by atomic mass is 32.4. The number of rotatable bonds is 5. The largest absolute Gasteiger partial charge is 0.269 e. The zero-order chi connectivity index (χ0) is 13.7. The fourth-order valence-electron chi connectivity index (χ4n) is 2.36. The predicted molar refractivity (Wildman–Crippen MR) is 89.4 cm³/mol. The minimum atomic E-state index is -1.87. The highest BCUT2D eigenvalue weighted by Gasteiger charge is 2.27. The third-order valence-corrected chi connectivity index (χ3v) is 8.66. The lowest BCUT2D eigenvalue weighted by Gasteiger charge is -2.34. The fourth-order valence-corrected chi connectivity index (χ4v) is 6.68. The Morgan fingerprint density at radius 3 is 1.47 bits per heavy atom. The van der Waals surface area contributed by atoms with Crippen molar-refractivity contribution < 1.29 is 0 Å². The Kier molecular flexibility index (Phi) is 4.93. The molecule has 0 radical (unpaired) electrons. The van der Waals surface area contributed by atoms with E-state index >= 15 is 0 Å². The molecule has 0 amide bonds. The maximum atomic E-state index is 6.19. The van der Waals surface area contributed by atoms with Crippen LogP contribution in [0.2, 0.25) is 0 Å². The van der Waals surface area contributed by atoms with Crippen LogP contribution in [0.25, 0.3) is 0 Å². The first-order valence-electron chi connectivity index (χ1n) is 6.70. The highest BCUT2D eigenvalue weighted by molar-refractivity contribution is 8.20. The van der Waals surface area contributed by atoms with E-state index in [4.69, 9.17) is 11.8 Å². The van der Waals surface area contributed by atoms with Crippen LogP contribution in [0.3, 0.4) is 0 Å². The van der Waals surface area contributed by atoms with Crippen LogP contribution in [0.15, 0.2) is 60.7 Å². The second-order valence-electron chi connectivity index (χ2n) is 4.39. The molecular weight excluding hydrogens is 269 g/mol. The smallest absolute Gasteiger partial charge is 0.0709 e. The van der Waals surface area contributed by atoms with Crippen molar-refractivity contribution in [3.05, 3.63) is 60.7 Å². The summed E-state index contributed by atoms with van der Waals surface area (Å²) in [6.07, 6.45) is -1.87. The molecule has 1 nitrogen and oxygen atoms in total. The van der Waals surface area contributed by atoms with Gasteiger partial charge in [0.2, 0.25) is 0 Å². The van der Waals surface area contributed by atoms with Crippen LogP contribution >= 0.6 is 6.19 Å². The van der Waals surface area contributed by atoms with Gasteiger partial charge in [-0.05, 0) is 0 Å². The molecule has 2 aromatic carbocycles. The van der Waals surface area contributed by atoms with E-state index in [1.54, 1.807) is 0 Å². The number of hydrogen-bond acceptors (Lipinski definition) is 1. The van der Waals surface area contributed by atoms with Gasteiger partial charge in [-0.15, -0.1) is 0 Å². The summed E-state index contributed by atoms with van der Waals surface area (Å²) in [7, 11) is 0. The third-order valence-electron chi connectivity index (χ3n) is 3.34. The maximum absolute atomic E-state index is 6.19. The Hall–Kier alpha value is -0.950. The van der Waals surface area contributed by atoms with Crippen LogP contribution in [-0.4, -0.2) is 17.8 Å². The zero-order valence-electron chi connectivity index (χ0n) is 11.5. The van der Waals surface area contributed by atoms with Gasteiger partial charge in [-0.1, -0.05) is 86.3 Å². The molecule has 0 saturated carbocycles. The molecule has 0 spiro atoms. The van der Waals surface area contributed by atoms with Crippen molar-refractivity contribution in [2.45, 2.75) is 13.8 Å². The predicted octanol–water partition coefficient (Wildman–Crippen LogP) is 3.37. The second-order valence-corrected chi connectivity index (χ2v) is 8.72. The van der Waals surface area contributed by atoms with Crippen molar-refractivity contribution in [3.8, 4) is 0 Å². The van der Waals surface area contributed by atoms with Crippen molar-refractivity contribution in [1.82, 2.24) is 4.67 Å². The monoisotopic (exact) mass is 289 g/mol. The van der Waals surface area contributed by atoms with Gasteiger partial charge in [0.25, 0.3) is 0 Å². The molecule has 0 aromatic heterocycles. The summed E-state index contributed by atoms with van der Waals surface area (Å²) >= 11 is 6.19. The van der Waals surface area contributed by atoms with Crippen LogP contribution in [-0.2, 0) is 11.8 Å². The first-order chi connectivity index (χ1) is 9.23. The molecule has 0 atom stereocenters. The van der Waals surface area contributed by atoms with Gasteiger partial charge in [-0.25, -0.2) is 0 Å². The van der Waals surface area contributed by atoms with Gasteiger partial charge in [0.05, 0.1) is 6.19 Å². The first kappa shape index (κ1) is 14.5. The topological polar surface area (TPSA) is 3.24 Å². The summed E-state index contributed by atoms with van der Waals surface area (Å²) in [5.41, 5.74) is 0. The SMILES string of the molecule is CCN(CC)P(=S)(c1ccccc1)c1ccccc1. The first-order valence-corrected chi connectivity index (χ1v) is 9.45. The molecule has 0 heterocycles. The minimum Gasteiger partial charge on any atom is -0.269 e. The molecule has 0 unspecified atom stereocenters. The van der Waals surface area contributed by atoms with E-state index in [9.17, 15) is 0 Å². The summed E-state index contributed by atoms with van der Waals surface area (Å²) < 4.78 is 2.44. The van der Waals surface area contributed by atoms with Crippen LogP contribution in [0, 0.1) is 0 Å². The van der Waals surface area contributed by atoms with E-state index in [0.717, 1.165) is 13.1 Å². The van der Waals surface area contributed by atoms with Crippen LogP contribution in [0.5, 0.6) is 0 Å². The quantitative estimate of drug-likeness (QED) is 0.776. The molecule has 2 rings (SSSR count). The van der Waals surface area contributed by atoms with Gasteiger partial charge < -0.3 is 0 Å². The van der Waals surface area contributed by atoms with E-state index in [0.29, 0.717) is 0 Å². The summed E-state index contributed by atoms with van der Waals surface area (Å²) in [5.74, 6) is 0. The van der Waals surface area contributed by atoms with E-state index < -0.39 is 6.19 Å². The lowest BCUT2D eigenvalue weighted by atomic mass is 10.4. The molecule has 0 fully saturated rings. The standard InChI is InChI=1S/C16H20NPS/c1-3-17(4-2)18(19,15-11-7-5-8-12-15)16-13-9-6-10-14-16/h5-14H,3-4H2,1-2H3. The summed E-state index contributed by atoms with van der Waals surface area (Å²) in [5, 5.41) is 2.56. The minimum absolute atomic E-state index is 0.984. The van der Waals surface area contributed by atoms with Gasteiger partial charge in [0.1, 0.15) is 0 Å². The summed E-state index contributed by atoms with van der Waals surface area (Å²) in [4.78, 5) is 0. The van der Waals surface area contributed by atoms with Gasteiger partial charge in [-0.2, -0.15) is 0 Å². The van der Waals surface area contributed by atoms with Crippen LogP contribution in [0.4, 0.5) is 0 Å². The van der Waals surface area contributed by atoms with Gasteiger partial charge >= 0.3 is 0 Å². The number of hydrogen-bond donors (Lipinski definition) is 0. The Bertz CT molecular complexity index is 506. The van der Waals surface area contributed by atoms with E-state index in [1.165, 1.54) is 10.6 Å². The van der Waals surface area contributed by atoms with E-state index in [-0.39, 0.29) is 0 Å². The van der Waals surface area contributed by atoms with Crippen molar-refractivity contribution >= 4 is 28.6 Å². The molecule has 0 aliphatic carbocycles. The average Bonchev–Trinajstić information content (AvgIpc) is 2.50. The molecule has 0 N–H and O–H groups in total. The molecule has 19 heavy (non-hydrogen) atoms. The fraction of sp³-hybridized carbons (Fsp3) is 0.250. The molecular formula is C16H20NPS. The Morgan fingerprint density at radius 2 is 1.16 bits per heavy atom. The maximum Gasteiger partial charge on any atom is 0.0709 e. The number of benzene rings is 2. The van der Waals surface area contributed by atoms with Crippen molar-refractivity contribution in [2.75, 3.05) is 13.1 Å². The lowest BCUT2D eigenvalue weighted by molar-refractivity contribution is 0.513. The van der Waals surface area contributed by atoms with Crippen molar-refractivity contribution in [2.24, 2.45) is 0 Å². The third kappa shape index (κ3) is 2.81. The Morgan fingerprint density at radius 1 is 0.789 bits per heavy atom. The van der Waals surface area contributed by atoms with E-state index in [1.807, 2.05) is 0 Å². The summed E-state index contributed by atoms with van der Waals surface area (Å²) in [6, 6.07) is 21.1. The van der Waals surface area contributed by atoms with Gasteiger partial charge in [0.15, 0.2) is 0 Å². The number of nitrogens with zero attached hydrogens (tertiary/aromatic N) is 1. The zero-order valence-corrected chi connectivity index (χ0v) is 13.2. The molecule has 0 saturated heterocycles. The van der Waals surface area contributed by atoms with Crippen molar-refractivity contribution in [1.29, 1.82) is 0 Å². The van der Waals surface area contributed by atoms with Gasteiger partial charge in [-0.3, -0.25) is 4.67 Å². The highest BCUT2D eigenvalue weighted by Crippen LogP contribution is 2.47. The lowest BCUT2D eigenvalue weighted by Crippen LogP contribution is -2.31. The normalized spacial score (nSPS) is 11.7. The van der Waals surface area contributed by atoms with Crippen LogP contribution in [0.1, 0.15) is 13.8 Å². The molecule has 0 aliphatic heterocycles. The molecule has 2 aromatic rings. The molecule has 0 bridgehead atoms. The Labute approximate surface area is 121 Å². The van der Waals surface area contributed by atoms with Gasteiger partial charge in [0, 0.05) is 23.7 Å². The summed E-state index contributed by atoms with van der Waals surface area (Å²) in [6.45, 7) is 6.35. The average molecular weight is 289 g/mol. The van der Waals surface area contributed by atoms with Crippen molar-refractivity contribution in [3.63, 3.8) is 0 Å². The second kappa shape index (κ2) is 6.47.